The van der Waals surface area contributed by atoms with E-state index in [9.17, 15) is 0 Å². The molecule has 0 radical (unpaired) electrons. The van der Waals surface area contributed by atoms with Gasteiger partial charge in [-0.1, -0.05) is 0 Å². The fourth-order valence-corrected chi connectivity index (χ4v) is 1.74. The predicted octanol–water partition coefficient (Wildman–Crippen LogP) is 3.06. The normalized spacial score (nSPS) is 10.1. The summed E-state index contributed by atoms with van der Waals surface area (Å²) in [4.78, 5) is 12.4. The summed E-state index contributed by atoms with van der Waals surface area (Å²) in [6, 6.07) is 3.70. The molecule has 3 nitrogen and oxygen atoms in total. The third-order valence-corrected chi connectivity index (χ3v) is 2.68. The SMILES string of the molecule is Brc1cnc(Br)c(-c2ncccn2)c1. The molecule has 0 fully saturated rings. The second kappa shape index (κ2) is 4.14. The molecule has 0 saturated heterocycles. The first-order valence-electron chi connectivity index (χ1n) is 3.86. The van der Waals surface area contributed by atoms with Gasteiger partial charge in [0.2, 0.25) is 0 Å². The van der Waals surface area contributed by atoms with Gasteiger partial charge in [-0.05, 0) is 44.0 Å². The van der Waals surface area contributed by atoms with Crippen LogP contribution in [-0.4, -0.2) is 15.0 Å². The molecule has 0 saturated carbocycles. The smallest absolute Gasteiger partial charge is 0.161 e. The van der Waals surface area contributed by atoms with Crippen LogP contribution in [0, 0.1) is 0 Å². The van der Waals surface area contributed by atoms with Gasteiger partial charge < -0.3 is 0 Å². The Morgan fingerprint density at radius 2 is 1.71 bits per heavy atom. The first-order chi connectivity index (χ1) is 6.77. The van der Waals surface area contributed by atoms with Crippen LogP contribution >= 0.6 is 31.9 Å². The van der Waals surface area contributed by atoms with Crippen molar-refractivity contribution in [3.63, 3.8) is 0 Å². The minimum absolute atomic E-state index is 0.660. The van der Waals surface area contributed by atoms with Crippen molar-refractivity contribution in [2.45, 2.75) is 0 Å². The van der Waals surface area contributed by atoms with Crippen molar-refractivity contribution < 1.29 is 0 Å². The predicted molar refractivity (Wildman–Crippen MR) is 60.7 cm³/mol. The maximum absolute atomic E-state index is 4.15. The van der Waals surface area contributed by atoms with Crippen LogP contribution in [0.1, 0.15) is 0 Å². The molecule has 0 aliphatic rings. The van der Waals surface area contributed by atoms with Crippen molar-refractivity contribution in [2.24, 2.45) is 0 Å². The Morgan fingerprint density at radius 3 is 2.43 bits per heavy atom. The molecule has 2 aromatic heterocycles. The van der Waals surface area contributed by atoms with Gasteiger partial charge in [0.05, 0.1) is 5.56 Å². The van der Waals surface area contributed by atoms with Crippen LogP contribution in [0.5, 0.6) is 0 Å². The van der Waals surface area contributed by atoms with E-state index in [1.807, 2.05) is 6.07 Å². The molecular formula is C9H5Br2N3. The molecule has 5 heteroatoms. The van der Waals surface area contributed by atoms with Gasteiger partial charge >= 0.3 is 0 Å². The summed E-state index contributed by atoms with van der Waals surface area (Å²) >= 11 is 6.71. The van der Waals surface area contributed by atoms with Gasteiger partial charge in [-0.2, -0.15) is 0 Å². The third kappa shape index (κ3) is 1.99. The highest BCUT2D eigenvalue weighted by Crippen LogP contribution is 2.25. The lowest BCUT2D eigenvalue weighted by Gasteiger charge is -2.01. The highest BCUT2D eigenvalue weighted by Gasteiger charge is 2.06. The van der Waals surface area contributed by atoms with Gasteiger partial charge in [0.25, 0.3) is 0 Å². The Labute approximate surface area is 97.9 Å². The van der Waals surface area contributed by atoms with Crippen molar-refractivity contribution in [2.75, 3.05) is 0 Å². The highest BCUT2D eigenvalue weighted by molar-refractivity contribution is 9.11. The minimum Gasteiger partial charge on any atom is -0.247 e. The number of aromatic nitrogens is 3. The second-order valence-corrected chi connectivity index (χ2v) is 4.23. The van der Waals surface area contributed by atoms with E-state index in [1.165, 1.54) is 0 Å². The number of nitrogens with zero attached hydrogens (tertiary/aromatic N) is 3. The highest BCUT2D eigenvalue weighted by atomic mass is 79.9. The molecule has 0 aromatic carbocycles. The molecule has 0 spiro atoms. The third-order valence-electron chi connectivity index (χ3n) is 1.61. The second-order valence-electron chi connectivity index (χ2n) is 2.56. The zero-order valence-electron chi connectivity index (χ0n) is 6.98. The lowest BCUT2D eigenvalue weighted by molar-refractivity contribution is 1.15. The van der Waals surface area contributed by atoms with Gasteiger partial charge in [0, 0.05) is 23.1 Å². The number of pyridine rings is 1. The molecule has 70 valence electrons. The van der Waals surface area contributed by atoms with Crippen molar-refractivity contribution in [3.8, 4) is 11.4 Å². The lowest BCUT2D eigenvalue weighted by atomic mass is 10.3. The number of rotatable bonds is 1. The summed E-state index contributed by atoms with van der Waals surface area (Å²) in [5.41, 5.74) is 0.875. The topological polar surface area (TPSA) is 38.7 Å². The average molecular weight is 315 g/mol. The Bertz CT molecular complexity index is 445. The Morgan fingerprint density at radius 1 is 1.00 bits per heavy atom. The van der Waals surface area contributed by atoms with Crippen LogP contribution < -0.4 is 0 Å². The van der Waals surface area contributed by atoms with E-state index < -0.39 is 0 Å². The lowest BCUT2D eigenvalue weighted by Crippen LogP contribution is -1.89. The summed E-state index contributed by atoms with van der Waals surface area (Å²) in [6.07, 6.45) is 5.13. The first-order valence-corrected chi connectivity index (χ1v) is 5.44. The molecular weight excluding hydrogens is 310 g/mol. The molecule has 0 bridgehead atoms. The molecule has 0 unspecified atom stereocenters. The monoisotopic (exact) mass is 313 g/mol. The molecule has 14 heavy (non-hydrogen) atoms. The van der Waals surface area contributed by atoms with Crippen molar-refractivity contribution in [1.82, 2.24) is 15.0 Å². The maximum Gasteiger partial charge on any atom is 0.161 e. The van der Waals surface area contributed by atoms with E-state index in [0.717, 1.165) is 14.6 Å². The van der Waals surface area contributed by atoms with Crippen LogP contribution in [0.15, 0.2) is 39.8 Å². The maximum atomic E-state index is 4.15. The van der Waals surface area contributed by atoms with Gasteiger partial charge in [-0.3, -0.25) is 0 Å². The molecule has 2 heterocycles. The number of hydrogen-bond donors (Lipinski definition) is 0. The van der Waals surface area contributed by atoms with Crippen molar-refractivity contribution in [3.05, 3.63) is 39.8 Å². The molecule has 0 atom stereocenters. The van der Waals surface area contributed by atoms with Gasteiger partial charge in [-0.15, -0.1) is 0 Å². The van der Waals surface area contributed by atoms with Gasteiger partial charge in [0.1, 0.15) is 4.60 Å². The fourth-order valence-electron chi connectivity index (χ4n) is 1.02. The molecule has 0 N–H and O–H groups in total. The van der Waals surface area contributed by atoms with Gasteiger partial charge in [-0.25, -0.2) is 15.0 Å². The van der Waals surface area contributed by atoms with E-state index >= 15 is 0 Å². The summed E-state index contributed by atoms with van der Waals surface area (Å²) in [7, 11) is 0. The van der Waals surface area contributed by atoms with E-state index in [-0.39, 0.29) is 0 Å². The van der Waals surface area contributed by atoms with Gasteiger partial charge in [0.15, 0.2) is 5.82 Å². The number of hydrogen-bond acceptors (Lipinski definition) is 3. The van der Waals surface area contributed by atoms with Crippen molar-refractivity contribution in [1.29, 1.82) is 0 Å². The van der Waals surface area contributed by atoms with Crippen LogP contribution in [0.25, 0.3) is 11.4 Å². The molecule has 2 rings (SSSR count). The largest absolute Gasteiger partial charge is 0.247 e. The van der Waals surface area contributed by atoms with E-state index in [4.69, 9.17) is 0 Å². The fraction of sp³-hybridized carbons (Fsp3) is 0. The summed E-state index contributed by atoms with van der Waals surface area (Å²) in [6.45, 7) is 0. The summed E-state index contributed by atoms with van der Waals surface area (Å²) in [5.74, 6) is 0.660. The summed E-state index contributed by atoms with van der Waals surface area (Å²) < 4.78 is 1.65. The standard InChI is InChI=1S/C9H5Br2N3/c10-6-4-7(8(11)14-5-6)9-12-2-1-3-13-9/h1-5H. The average Bonchev–Trinajstić information content (AvgIpc) is 2.23. The first kappa shape index (κ1) is 9.73. The van der Waals surface area contributed by atoms with Crippen LogP contribution in [-0.2, 0) is 0 Å². The van der Waals surface area contributed by atoms with E-state index in [2.05, 4.69) is 46.8 Å². The Balaban J connectivity index is 2.57. The van der Waals surface area contributed by atoms with Crippen LogP contribution in [0.4, 0.5) is 0 Å². The molecule has 0 aliphatic carbocycles. The van der Waals surface area contributed by atoms with Crippen molar-refractivity contribution >= 4 is 31.9 Å². The quantitative estimate of drug-likeness (QED) is 0.759. The molecule has 0 amide bonds. The molecule has 2 aromatic rings. The van der Waals surface area contributed by atoms with Crippen LogP contribution in [0.2, 0.25) is 0 Å². The van der Waals surface area contributed by atoms with Crippen LogP contribution in [0.3, 0.4) is 0 Å². The molecule has 0 aliphatic heterocycles. The Kier molecular flexibility index (Phi) is 2.88. The summed E-state index contributed by atoms with van der Waals surface area (Å²) in [5, 5.41) is 0. The number of halogens is 2. The minimum atomic E-state index is 0.660. The van der Waals surface area contributed by atoms with E-state index in [0.29, 0.717) is 5.82 Å². The zero-order chi connectivity index (χ0) is 9.97. The Hall–Kier alpha value is -0.810. The van der Waals surface area contributed by atoms with E-state index in [1.54, 1.807) is 24.7 Å². The zero-order valence-corrected chi connectivity index (χ0v) is 10.2.